The van der Waals surface area contributed by atoms with Crippen molar-refractivity contribution in [1.29, 1.82) is 0 Å². The average molecular weight is 1170 g/mol. The van der Waals surface area contributed by atoms with Crippen LogP contribution >= 0.6 is 0 Å². The summed E-state index contributed by atoms with van der Waals surface area (Å²) in [6, 6.07) is 4.92. The molecule has 0 aromatic carbocycles. The Balaban J connectivity index is 0.000000121. The summed E-state index contributed by atoms with van der Waals surface area (Å²) in [5.41, 5.74) is 15.2. The number of nitrogens with zero attached hydrogens (tertiary/aromatic N) is 18. The van der Waals surface area contributed by atoms with Crippen LogP contribution in [0.4, 0.5) is 31.0 Å². The summed E-state index contributed by atoms with van der Waals surface area (Å²) in [5.74, 6) is 2.69. The Morgan fingerprint density at radius 3 is 0.977 bits per heavy atom. The highest BCUT2D eigenvalue weighted by Crippen LogP contribution is 2.35. The van der Waals surface area contributed by atoms with Crippen LogP contribution in [0.3, 0.4) is 0 Å². The Morgan fingerprint density at radius 2 is 0.701 bits per heavy atom. The third kappa shape index (κ3) is 12.0. The zero-order chi connectivity index (χ0) is 59.9. The number of hydrogen-bond acceptors (Lipinski definition) is 18. The number of nitrogens with one attached hydrogen (secondary N) is 3. The zero-order valence-corrected chi connectivity index (χ0v) is 49.3. The van der Waals surface area contributed by atoms with E-state index in [9.17, 15) is 13.2 Å². The van der Waals surface area contributed by atoms with Crippen molar-refractivity contribution in [3.05, 3.63) is 142 Å². The highest BCUT2D eigenvalue weighted by Gasteiger charge is 2.29. The van der Waals surface area contributed by atoms with E-state index in [4.69, 9.17) is 0 Å². The third-order valence-electron chi connectivity index (χ3n) is 16.7. The fourth-order valence-electron chi connectivity index (χ4n) is 11.9. The van der Waals surface area contributed by atoms with Gasteiger partial charge in [-0.15, -0.1) is 0 Å². The molecule has 0 radical (unpaired) electrons. The van der Waals surface area contributed by atoms with Gasteiger partial charge in [0, 0.05) is 88.7 Å². The summed E-state index contributed by atoms with van der Waals surface area (Å²) in [6.45, 7) is 15.1. The van der Waals surface area contributed by atoms with Gasteiger partial charge in [-0.2, -0.15) is 43.8 Å². The quantitative estimate of drug-likeness (QED) is 0.103. The van der Waals surface area contributed by atoms with Crippen molar-refractivity contribution < 1.29 is 13.2 Å². The number of hydrogen-bond donors (Lipinski definition) is 3. The van der Waals surface area contributed by atoms with Crippen LogP contribution in [0, 0.1) is 17.5 Å². The lowest BCUT2D eigenvalue weighted by Crippen LogP contribution is -2.26. The first-order valence-electron chi connectivity index (χ1n) is 29.8. The van der Waals surface area contributed by atoms with E-state index in [1.165, 1.54) is 70.2 Å². The molecule has 3 aliphatic carbocycles. The lowest BCUT2D eigenvalue weighted by atomic mass is 9.90. The van der Waals surface area contributed by atoms with Gasteiger partial charge >= 0.3 is 0 Å². The van der Waals surface area contributed by atoms with Crippen LogP contribution < -0.4 is 16.0 Å². The Hall–Kier alpha value is -9.48. The Kier molecular flexibility index (Phi) is 15.7. The second-order valence-corrected chi connectivity index (χ2v) is 23.8. The maximum absolute atomic E-state index is 13.7. The minimum Gasteiger partial charge on any atom is -0.351 e. The van der Waals surface area contributed by atoms with Crippen molar-refractivity contribution in [2.45, 2.75) is 135 Å². The first-order chi connectivity index (χ1) is 42.2. The Bertz CT molecular complexity index is 3870. The summed E-state index contributed by atoms with van der Waals surface area (Å²) < 4.78 is 46.5. The molecule has 0 saturated carbocycles. The van der Waals surface area contributed by atoms with Gasteiger partial charge in [0.1, 0.15) is 17.5 Å². The van der Waals surface area contributed by atoms with Gasteiger partial charge in [-0.05, 0) is 127 Å². The number of aromatic nitrogens is 15. The van der Waals surface area contributed by atoms with Gasteiger partial charge in [0.15, 0.2) is 34.4 Å². The molecule has 3 atom stereocenters. The molecule has 3 N–H and O–H groups in total. The van der Waals surface area contributed by atoms with Gasteiger partial charge < -0.3 is 16.0 Å². The predicted molar refractivity (Wildman–Crippen MR) is 329 cm³/mol. The third-order valence-corrected chi connectivity index (χ3v) is 16.7. The molecule has 1 unspecified atom stereocenters. The molecule has 0 fully saturated rings. The van der Waals surface area contributed by atoms with Crippen molar-refractivity contribution in [2.75, 3.05) is 35.6 Å². The molecule has 444 valence electrons. The highest BCUT2D eigenvalue weighted by atomic mass is 19.1. The van der Waals surface area contributed by atoms with Crippen LogP contribution in [0.15, 0.2) is 122 Å². The van der Waals surface area contributed by atoms with Crippen molar-refractivity contribution in [1.82, 2.24) is 73.7 Å². The van der Waals surface area contributed by atoms with Gasteiger partial charge in [-0.3, -0.25) is 29.9 Å². The van der Waals surface area contributed by atoms with Crippen molar-refractivity contribution in [3.8, 4) is 34.2 Å². The van der Waals surface area contributed by atoms with E-state index in [-0.39, 0.29) is 35.9 Å². The molecule has 0 saturated heterocycles. The second kappa shape index (κ2) is 24.1. The van der Waals surface area contributed by atoms with Crippen LogP contribution in [0.2, 0.25) is 0 Å². The summed E-state index contributed by atoms with van der Waals surface area (Å²) in [6.07, 6.45) is 28.7. The van der Waals surface area contributed by atoms with Crippen LogP contribution in [0.1, 0.15) is 134 Å². The number of rotatable bonds is 12. The Morgan fingerprint density at radius 1 is 0.402 bits per heavy atom. The molecule has 21 nitrogen and oxygen atoms in total. The normalized spacial score (nSPS) is 18.7. The topological polar surface area (TPSA) is 241 Å². The van der Waals surface area contributed by atoms with E-state index >= 15 is 0 Å². The standard InChI is InChI=1S/3C21H22FN7/c3*1-12(2)18-11-25-29-20(18)27-19(15-5-16(22)10-24-9-15)28-21(29)26-17-4-3-13-7-23-8-14(13)6-17/h3*5,8-12,17H,3-4,6-7H2,1-2H3,(H,26,27,28)/t2*17-;/m10./s1. The number of aliphatic imine (C=N–C) groups is 3. The monoisotopic (exact) mass is 1170 g/mol. The van der Waals surface area contributed by atoms with Gasteiger partial charge in [-0.1, -0.05) is 41.5 Å². The lowest BCUT2D eigenvalue weighted by Gasteiger charge is -2.24. The molecule has 24 heteroatoms. The SMILES string of the molecule is CC(C)c1cnn2c(NC3CCC4=C(C=NC4)C3)nc(-c3cncc(F)c3)nc12.CC(C)c1cnn2c(N[C@@H]3CCC4=C(C=NC4)C3)nc(-c3cncc(F)c3)nc12.CC(C)c1cnn2c(N[C@H]3CCC4=C(C=NC4)C3)nc(-c3cncc(F)c3)nc12. The molecule has 9 aromatic heterocycles. The number of pyridine rings is 3. The van der Waals surface area contributed by atoms with Crippen LogP contribution in [-0.2, 0) is 0 Å². The van der Waals surface area contributed by atoms with E-state index in [1.807, 2.05) is 37.2 Å². The summed E-state index contributed by atoms with van der Waals surface area (Å²) in [4.78, 5) is 53.1. The molecular weight excluding hydrogens is 1110 g/mol. The molecule has 3 aliphatic heterocycles. The highest BCUT2D eigenvalue weighted by molar-refractivity contribution is 5.84. The van der Waals surface area contributed by atoms with Gasteiger partial charge in [0.25, 0.3) is 0 Å². The summed E-state index contributed by atoms with van der Waals surface area (Å²) in [7, 11) is 0. The maximum atomic E-state index is 13.7. The molecule has 9 aromatic rings. The number of fused-ring (bicyclic) bond motifs is 3. The molecule has 15 rings (SSSR count). The minimum absolute atomic E-state index is 0.238. The van der Waals surface area contributed by atoms with E-state index in [0.717, 1.165) is 111 Å². The van der Waals surface area contributed by atoms with Crippen molar-refractivity contribution in [2.24, 2.45) is 15.0 Å². The lowest BCUT2D eigenvalue weighted by molar-refractivity contribution is 0.607. The maximum Gasteiger partial charge on any atom is 0.228 e. The van der Waals surface area contributed by atoms with Gasteiger partial charge in [0.05, 0.1) is 56.8 Å². The van der Waals surface area contributed by atoms with E-state index in [0.29, 0.717) is 52.0 Å². The van der Waals surface area contributed by atoms with Gasteiger partial charge in [0.2, 0.25) is 17.8 Å². The van der Waals surface area contributed by atoms with E-state index in [2.05, 4.69) is 133 Å². The van der Waals surface area contributed by atoms with Crippen LogP contribution in [0.5, 0.6) is 0 Å². The number of anilines is 3. The molecule has 0 bridgehead atoms. The van der Waals surface area contributed by atoms with Crippen LogP contribution in [0.25, 0.3) is 51.1 Å². The molecule has 0 amide bonds. The fraction of sp³-hybridized carbons (Fsp3) is 0.381. The van der Waals surface area contributed by atoms with Crippen molar-refractivity contribution in [3.63, 3.8) is 0 Å². The minimum atomic E-state index is -0.412. The molecule has 0 spiro atoms. The molecule has 6 aliphatic rings. The van der Waals surface area contributed by atoms with E-state index in [1.54, 1.807) is 32.1 Å². The number of halogens is 3. The second-order valence-electron chi connectivity index (χ2n) is 23.8. The molecule has 12 heterocycles. The first-order valence-corrected chi connectivity index (χ1v) is 29.8. The van der Waals surface area contributed by atoms with Crippen LogP contribution in [-0.4, -0.2) is 130 Å². The molecule has 87 heavy (non-hydrogen) atoms. The zero-order valence-electron chi connectivity index (χ0n) is 49.3. The first kappa shape index (κ1) is 56.6. The van der Waals surface area contributed by atoms with Gasteiger partial charge in [-0.25, -0.2) is 28.1 Å². The Labute approximate surface area is 499 Å². The summed E-state index contributed by atoms with van der Waals surface area (Å²) in [5, 5.41) is 24.2. The average Bonchev–Trinajstić information content (AvgIpc) is 1.93. The largest absolute Gasteiger partial charge is 0.351 e. The van der Waals surface area contributed by atoms with Crippen molar-refractivity contribution >= 4 is 53.4 Å². The molecular formula is C63H66F3N21. The summed E-state index contributed by atoms with van der Waals surface area (Å²) >= 11 is 0. The smallest absolute Gasteiger partial charge is 0.228 e. The fourth-order valence-corrected chi connectivity index (χ4v) is 11.9. The van der Waals surface area contributed by atoms with E-state index < -0.39 is 17.5 Å². The predicted octanol–water partition coefficient (Wildman–Crippen LogP) is 11.4.